The third-order valence-corrected chi connectivity index (χ3v) is 6.07. The third kappa shape index (κ3) is 5.27. The fraction of sp³-hybridized carbons (Fsp3) is 0.0800. The minimum atomic E-state index is -0.907. The smallest absolute Gasteiger partial charge is 0.335 e. The summed E-state index contributed by atoms with van der Waals surface area (Å²) in [6, 6.07) is 15.9. The van der Waals surface area contributed by atoms with Gasteiger partial charge in [0, 0.05) is 0 Å². The van der Waals surface area contributed by atoms with Crippen molar-refractivity contribution in [2.75, 3.05) is 12.0 Å². The minimum absolute atomic E-state index is 0.148. The van der Waals surface area contributed by atoms with Gasteiger partial charge >= 0.3 is 6.03 Å². The summed E-state index contributed by atoms with van der Waals surface area (Å²) < 4.78 is 11.3. The van der Waals surface area contributed by atoms with Gasteiger partial charge in [-0.25, -0.2) is 9.69 Å². The molecule has 35 heavy (non-hydrogen) atoms. The van der Waals surface area contributed by atoms with Crippen molar-refractivity contribution in [1.82, 2.24) is 5.32 Å². The molecule has 3 aromatic carbocycles. The van der Waals surface area contributed by atoms with Crippen molar-refractivity contribution in [2.45, 2.75) is 6.61 Å². The van der Waals surface area contributed by atoms with Gasteiger partial charge in [-0.05, 0) is 47.5 Å². The molecule has 1 aliphatic rings. The average Bonchev–Trinajstić information content (AvgIpc) is 2.83. The number of imide groups is 2. The molecule has 1 saturated heterocycles. The van der Waals surface area contributed by atoms with Gasteiger partial charge < -0.3 is 9.47 Å². The summed E-state index contributed by atoms with van der Waals surface area (Å²) in [6.45, 7) is 0.263. The molecule has 178 valence electrons. The predicted octanol–water partition coefficient (Wildman–Crippen LogP) is 5.90. The Labute approximate surface area is 215 Å². The Bertz CT molecular complexity index is 1360. The molecule has 1 heterocycles. The van der Waals surface area contributed by atoms with Gasteiger partial charge in [0.2, 0.25) is 0 Å². The molecule has 1 aliphatic heterocycles. The first-order valence-electron chi connectivity index (χ1n) is 10.2. The van der Waals surface area contributed by atoms with Crippen LogP contribution >= 0.6 is 34.8 Å². The SMILES string of the molecule is COc1cc(/C=C2\C(=O)NC(=O)N(c3ccc(Cl)c(Cl)c3)C2=O)cc(Cl)c1OCc1ccccc1. The standard InChI is InChI=1S/C25H17Cl3N2O5/c1-34-21-11-15(10-20(28)22(21)35-13-14-5-3-2-4-6-14)9-17-23(31)29-25(33)30(24(17)32)16-7-8-18(26)19(27)12-16/h2-12H,13H2,1H3,(H,29,31,33)/b17-9+. The number of barbiturate groups is 1. The molecule has 7 nitrogen and oxygen atoms in total. The molecule has 4 amide bonds. The number of anilines is 1. The van der Waals surface area contributed by atoms with Crippen molar-refractivity contribution >= 4 is 64.4 Å². The Balaban J connectivity index is 1.65. The first-order chi connectivity index (χ1) is 16.8. The lowest BCUT2D eigenvalue weighted by Crippen LogP contribution is -2.54. The highest BCUT2D eigenvalue weighted by Gasteiger charge is 2.37. The van der Waals surface area contributed by atoms with E-state index in [0.717, 1.165) is 10.5 Å². The van der Waals surface area contributed by atoms with Crippen LogP contribution in [0.2, 0.25) is 15.1 Å². The van der Waals surface area contributed by atoms with Gasteiger partial charge in [0.1, 0.15) is 12.2 Å². The van der Waals surface area contributed by atoms with Crippen molar-refractivity contribution < 1.29 is 23.9 Å². The topological polar surface area (TPSA) is 84.9 Å². The molecular formula is C25H17Cl3N2O5. The van der Waals surface area contributed by atoms with E-state index in [-0.39, 0.29) is 32.9 Å². The fourth-order valence-electron chi connectivity index (χ4n) is 3.38. The second-order valence-corrected chi connectivity index (χ2v) is 8.59. The Hall–Kier alpha value is -3.52. The summed E-state index contributed by atoms with van der Waals surface area (Å²) in [7, 11) is 1.45. The molecule has 0 atom stereocenters. The van der Waals surface area contributed by atoms with E-state index >= 15 is 0 Å². The quantitative estimate of drug-likeness (QED) is 0.316. The van der Waals surface area contributed by atoms with Gasteiger partial charge in [0.25, 0.3) is 11.8 Å². The van der Waals surface area contributed by atoms with E-state index in [0.29, 0.717) is 17.1 Å². The highest BCUT2D eigenvalue weighted by Crippen LogP contribution is 2.38. The van der Waals surface area contributed by atoms with Crippen LogP contribution in [0.5, 0.6) is 11.5 Å². The Morgan fingerprint density at radius 2 is 1.66 bits per heavy atom. The van der Waals surface area contributed by atoms with Crippen molar-refractivity contribution in [1.29, 1.82) is 0 Å². The highest BCUT2D eigenvalue weighted by molar-refractivity contribution is 6.43. The molecule has 0 saturated carbocycles. The number of carbonyl (C=O) groups is 3. The summed E-state index contributed by atoms with van der Waals surface area (Å²) in [6.07, 6.45) is 1.31. The Morgan fingerprint density at radius 1 is 0.914 bits per heavy atom. The number of hydrogen-bond donors (Lipinski definition) is 1. The van der Waals surface area contributed by atoms with Crippen LogP contribution in [0.3, 0.4) is 0 Å². The second-order valence-electron chi connectivity index (χ2n) is 7.36. The number of hydrogen-bond acceptors (Lipinski definition) is 5. The zero-order valence-electron chi connectivity index (χ0n) is 18.2. The molecule has 0 radical (unpaired) electrons. The Morgan fingerprint density at radius 3 is 2.34 bits per heavy atom. The van der Waals surface area contributed by atoms with Crippen LogP contribution < -0.4 is 19.7 Å². The van der Waals surface area contributed by atoms with E-state index in [4.69, 9.17) is 44.3 Å². The number of rotatable bonds is 6. The summed E-state index contributed by atoms with van der Waals surface area (Å²) in [4.78, 5) is 38.8. The van der Waals surface area contributed by atoms with Gasteiger partial charge in [0.05, 0.1) is 27.9 Å². The number of urea groups is 1. The number of benzene rings is 3. The molecule has 10 heteroatoms. The van der Waals surface area contributed by atoms with Crippen LogP contribution in [-0.4, -0.2) is 25.0 Å². The number of methoxy groups -OCH3 is 1. The van der Waals surface area contributed by atoms with Gasteiger partial charge in [0.15, 0.2) is 11.5 Å². The number of ether oxygens (including phenoxy) is 2. The van der Waals surface area contributed by atoms with Gasteiger partial charge in [-0.1, -0.05) is 65.1 Å². The summed E-state index contributed by atoms with van der Waals surface area (Å²) in [5.74, 6) is -1.07. The number of nitrogens with zero attached hydrogens (tertiary/aromatic N) is 1. The van der Waals surface area contributed by atoms with E-state index in [9.17, 15) is 14.4 Å². The first kappa shape index (κ1) is 24.6. The number of nitrogens with one attached hydrogen (secondary N) is 1. The number of amides is 4. The van der Waals surface area contributed by atoms with E-state index in [1.54, 1.807) is 6.07 Å². The minimum Gasteiger partial charge on any atom is -0.493 e. The normalized spacial score (nSPS) is 14.8. The third-order valence-electron chi connectivity index (χ3n) is 5.05. The number of halogens is 3. The molecule has 0 spiro atoms. The van der Waals surface area contributed by atoms with Crippen molar-refractivity contribution in [2.24, 2.45) is 0 Å². The van der Waals surface area contributed by atoms with E-state index < -0.39 is 17.8 Å². The monoisotopic (exact) mass is 530 g/mol. The van der Waals surface area contributed by atoms with E-state index in [1.807, 2.05) is 30.3 Å². The van der Waals surface area contributed by atoms with Crippen LogP contribution in [0.25, 0.3) is 6.08 Å². The predicted molar refractivity (Wildman–Crippen MR) is 134 cm³/mol. The average molecular weight is 532 g/mol. The van der Waals surface area contributed by atoms with Gasteiger partial charge in [-0.3, -0.25) is 14.9 Å². The molecule has 3 aromatic rings. The van der Waals surface area contributed by atoms with E-state index in [2.05, 4.69) is 5.32 Å². The molecule has 0 bridgehead atoms. The molecule has 0 unspecified atom stereocenters. The first-order valence-corrected chi connectivity index (χ1v) is 11.3. The zero-order chi connectivity index (χ0) is 25.1. The maximum Gasteiger partial charge on any atom is 0.335 e. The van der Waals surface area contributed by atoms with E-state index in [1.165, 1.54) is 37.5 Å². The highest BCUT2D eigenvalue weighted by atomic mass is 35.5. The van der Waals surface area contributed by atoms with Crippen LogP contribution in [0.4, 0.5) is 10.5 Å². The largest absolute Gasteiger partial charge is 0.493 e. The lowest BCUT2D eigenvalue weighted by Gasteiger charge is -2.26. The van der Waals surface area contributed by atoms with Crippen LogP contribution in [0, 0.1) is 0 Å². The van der Waals surface area contributed by atoms with Crippen molar-refractivity contribution in [3.63, 3.8) is 0 Å². The number of carbonyl (C=O) groups excluding carboxylic acids is 3. The van der Waals surface area contributed by atoms with Crippen LogP contribution in [-0.2, 0) is 16.2 Å². The summed E-state index contributed by atoms with van der Waals surface area (Å²) >= 11 is 18.4. The molecule has 1 N–H and O–H groups in total. The Kier molecular flexibility index (Phi) is 7.31. The maximum absolute atomic E-state index is 13.1. The van der Waals surface area contributed by atoms with Gasteiger partial charge in [-0.2, -0.15) is 0 Å². The summed E-state index contributed by atoms with van der Waals surface area (Å²) in [5, 5.41) is 2.77. The lowest BCUT2D eigenvalue weighted by atomic mass is 10.1. The second kappa shape index (κ2) is 10.4. The summed E-state index contributed by atoms with van der Waals surface area (Å²) in [5.41, 5.74) is 1.20. The molecule has 0 aliphatic carbocycles. The fourth-order valence-corrected chi connectivity index (χ4v) is 3.94. The van der Waals surface area contributed by atoms with Gasteiger partial charge in [-0.15, -0.1) is 0 Å². The molecular weight excluding hydrogens is 515 g/mol. The molecule has 1 fully saturated rings. The maximum atomic E-state index is 13.1. The van der Waals surface area contributed by atoms with Crippen LogP contribution in [0.15, 0.2) is 66.2 Å². The lowest BCUT2D eigenvalue weighted by molar-refractivity contribution is -0.122. The zero-order valence-corrected chi connectivity index (χ0v) is 20.4. The van der Waals surface area contributed by atoms with Crippen molar-refractivity contribution in [3.05, 3.63) is 92.4 Å². The van der Waals surface area contributed by atoms with Crippen LogP contribution in [0.1, 0.15) is 11.1 Å². The molecule has 4 rings (SSSR count). The van der Waals surface area contributed by atoms with Crippen molar-refractivity contribution in [3.8, 4) is 11.5 Å². The molecule has 0 aromatic heterocycles.